The summed E-state index contributed by atoms with van der Waals surface area (Å²) in [7, 11) is 0. The first kappa shape index (κ1) is 15.2. The highest BCUT2D eigenvalue weighted by Crippen LogP contribution is 2.26. The van der Waals surface area contributed by atoms with Crippen LogP contribution in [0.5, 0.6) is 0 Å². The van der Waals surface area contributed by atoms with Gasteiger partial charge in [0, 0.05) is 23.4 Å². The van der Waals surface area contributed by atoms with Crippen molar-refractivity contribution < 1.29 is 5.11 Å². The summed E-state index contributed by atoms with van der Waals surface area (Å²) in [6, 6.07) is 10.7. The molecular weight excluding hydrogens is 268 g/mol. The third-order valence-corrected chi connectivity index (χ3v) is 4.62. The van der Waals surface area contributed by atoms with Crippen molar-refractivity contribution in [2.24, 2.45) is 0 Å². The summed E-state index contributed by atoms with van der Waals surface area (Å²) in [6.45, 7) is 6.32. The van der Waals surface area contributed by atoms with Gasteiger partial charge < -0.3 is 10.4 Å². The molecule has 1 aromatic heterocycles. The Morgan fingerprint density at radius 3 is 2.60 bits per heavy atom. The van der Waals surface area contributed by atoms with Gasteiger partial charge in [-0.15, -0.1) is 11.3 Å². The SMILES string of the molecule is Cc1nc(Cc2ccccc2)sc1C(C)NC(C)CO. The number of benzene rings is 1. The van der Waals surface area contributed by atoms with Crippen LogP contribution >= 0.6 is 11.3 Å². The molecule has 0 saturated heterocycles. The molecule has 0 radical (unpaired) electrons. The molecule has 0 bridgehead atoms. The Labute approximate surface area is 124 Å². The Kier molecular flexibility index (Phi) is 5.29. The highest BCUT2D eigenvalue weighted by molar-refractivity contribution is 7.11. The van der Waals surface area contributed by atoms with Gasteiger partial charge in [0.15, 0.2) is 0 Å². The number of aliphatic hydroxyl groups is 1. The van der Waals surface area contributed by atoms with Crippen LogP contribution in [0, 0.1) is 6.92 Å². The van der Waals surface area contributed by atoms with E-state index < -0.39 is 0 Å². The zero-order chi connectivity index (χ0) is 14.5. The minimum absolute atomic E-state index is 0.101. The molecule has 1 aromatic carbocycles. The highest BCUT2D eigenvalue weighted by atomic mass is 32.1. The van der Waals surface area contributed by atoms with Gasteiger partial charge in [-0.05, 0) is 26.3 Å². The average Bonchev–Trinajstić information content (AvgIpc) is 2.80. The van der Waals surface area contributed by atoms with E-state index in [1.807, 2.05) is 13.0 Å². The fraction of sp³-hybridized carbons (Fsp3) is 0.438. The van der Waals surface area contributed by atoms with Gasteiger partial charge in [0.1, 0.15) is 0 Å². The number of aromatic nitrogens is 1. The molecular formula is C16H22N2OS. The van der Waals surface area contributed by atoms with Gasteiger partial charge >= 0.3 is 0 Å². The maximum Gasteiger partial charge on any atom is 0.0975 e. The molecule has 3 nitrogen and oxygen atoms in total. The molecule has 2 aromatic rings. The van der Waals surface area contributed by atoms with E-state index in [9.17, 15) is 0 Å². The summed E-state index contributed by atoms with van der Waals surface area (Å²) in [5.41, 5.74) is 2.38. The van der Waals surface area contributed by atoms with E-state index in [0.717, 1.165) is 17.1 Å². The second kappa shape index (κ2) is 6.97. The standard InChI is InChI=1S/C16H22N2OS/c1-11(10-19)17-12(2)16-13(3)18-15(20-16)9-14-7-5-4-6-8-14/h4-8,11-12,17,19H,9-10H2,1-3H3. The quantitative estimate of drug-likeness (QED) is 0.859. The van der Waals surface area contributed by atoms with Crippen LogP contribution in [0.2, 0.25) is 0 Å². The van der Waals surface area contributed by atoms with Crippen molar-refractivity contribution in [1.29, 1.82) is 0 Å². The third kappa shape index (κ3) is 3.88. The van der Waals surface area contributed by atoms with Gasteiger partial charge in [-0.25, -0.2) is 4.98 Å². The summed E-state index contributed by atoms with van der Waals surface area (Å²) in [6.07, 6.45) is 0.884. The van der Waals surface area contributed by atoms with Crippen molar-refractivity contribution in [3.63, 3.8) is 0 Å². The van der Waals surface area contributed by atoms with Crippen LogP contribution in [0.3, 0.4) is 0 Å². The smallest absolute Gasteiger partial charge is 0.0975 e. The van der Waals surface area contributed by atoms with Gasteiger partial charge in [0.05, 0.1) is 17.3 Å². The van der Waals surface area contributed by atoms with Crippen molar-refractivity contribution >= 4 is 11.3 Å². The van der Waals surface area contributed by atoms with Gasteiger partial charge in [-0.3, -0.25) is 0 Å². The average molecular weight is 290 g/mol. The zero-order valence-corrected chi connectivity index (χ0v) is 13.1. The Hall–Kier alpha value is -1.23. The fourth-order valence-electron chi connectivity index (χ4n) is 2.27. The molecule has 0 amide bonds. The Bertz CT molecular complexity index is 539. The van der Waals surface area contributed by atoms with Gasteiger partial charge in [0.25, 0.3) is 0 Å². The van der Waals surface area contributed by atoms with Crippen LogP contribution in [-0.4, -0.2) is 22.7 Å². The molecule has 2 atom stereocenters. The molecule has 2 rings (SSSR count). The lowest BCUT2D eigenvalue weighted by molar-refractivity contribution is 0.243. The molecule has 4 heteroatoms. The molecule has 0 aliphatic heterocycles. The first-order chi connectivity index (χ1) is 9.60. The topological polar surface area (TPSA) is 45.2 Å². The van der Waals surface area contributed by atoms with Crippen molar-refractivity contribution in [3.8, 4) is 0 Å². The molecule has 0 fully saturated rings. The number of thiazole rings is 1. The maximum absolute atomic E-state index is 9.13. The van der Waals surface area contributed by atoms with E-state index in [1.165, 1.54) is 10.4 Å². The van der Waals surface area contributed by atoms with Gasteiger partial charge in [-0.2, -0.15) is 0 Å². The van der Waals surface area contributed by atoms with Crippen LogP contribution in [-0.2, 0) is 6.42 Å². The molecule has 108 valence electrons. The first-order valence-electron chi connectivity index (χ1n) is 6.97. The number of hydrogen-bond acceptors (Lipinski definition) is 4. The molecule has 0 aliphatic rings. The summed E-state index contributed by atoms with van der Waals surface area (Å²) in [5, 5.41) is 13.7. The Balaban J connectivity index is 2.09. The molecule has 20 heavy (non-hydrogen) atoms. The van der Waals surface area contributed by atoms with E-state index in [4.69, 9.17) is 5.11 Å². The lowest BCUT2D eigenvalue weighted by atomic mass is 10.2. The molecule has 2 unspecified atom stereocenters. The molecule has 0 saturated carbocycles. The first-order valence-corrected chi connectivity index (χ1v) is 7.78. The molecule has 2 N–H and O–H groups in total. The minimum Gasteiger partial charge on any atom is -0.395 e. The van der Waals surface area contributed by atoms with Crippen LogP contribution in [0.1, 0.15) is 41.0 Å². The predicted octanol–water partition coefficient (Wildman–Crippen LogP) is 3.07. The number of rotatable bonds is 6. The number of aryl methyl sites for hydroxylation is 1. The number of nitrogens with zero attached hydrogens (tertiary/aromatic N) is 1. The highest BCUT2D eigenvalue weighted by Gasteiger charge is 2.16. The van der Waals surface area contributed by atoms with E-state index in [0.29, 0.717) is 0 Å². The maximum atomic E-state index is 9.13. The largest absolute Gasteiger partial charge is 0.395 e. The van der Waals surface area contributed by atoms with Crippen LogP contribution in [0.15, 0.2) is 30.3 Å². The predicted molar refractivity (Wildman–Crippen MR) is 84.2 cm³/mol. The number of hydrogen-bond donors (Lipinski definition) is 2. The molecule has 0 spiro atoms. The van der Waals surface area contributed by atoms with Crippen molar-refractivity contribution in [2.75, 3.05) is 6.61 Å². The Morgan fingerprint density at radius 2 is 1.95 bits per heavy atom. The second-order valence-corrected chi connectivity index (χ2v) is 6.31. The van der Waals surface area contributed by atoms with E-state index in [1.54, 1.807) is 11.3 Å². The van der Waals surface area contributed by atoms with Gasteiger partial charge in [0.2, 0.25) is 0 Å². The lowest BCUT2D eigenvalue weighted by Crippen LogP contribution is -2.31. The monoisotopic (exact) mass is 290 g/mol. The zero-order valence-electron chi connectivity index (χ0n) is 12.3. The number of aliphatic hydroxyl groups excluding tert-OH is 1. The summed E-state index contributed by atoms with van der Waals surface area (Å²) < 4.78 is 0. The second-order valence-electron chi connectivity index (χ2n) is 5.19. The van der Waals surface area contributed by atoms with E-state index in [-0.39, 0.29) is 18.7 Å². The van der Waals surface area contributed by atoms with Crippen LogP contribution < -0.4 is 5.32 Å². The van der Waals surface area contributed by atoms with Crippen molar-refractivity contribution in [1.82, 2.24) is 10.3 Å². The summed E-state index contributed by atoms with van der Waals surface area (Å²) >= 11 is 1.76. The minimum atomic E-state index is 0.101. The fourth-order valence-corrected chi connectivity index (χ4v) is 3.38. The molecule has 0 aliphatic carbocycles. The van der Waals surface area contributed by atoms with Crippen molar-refractivity contribution in [2.45, 2.75) is 39.3 Å². The Morgan fingerprint density at radius 1 is 1.25 bits per heavy atom. The van der Waals surface area contributed by atoms with Crippen LogP contribution in [0.4, 0.5) is 0 Å². The third-order valence-electron chi connectivity index (χ3n) is 3.28. The summed E-state index contributed by atoms with van der Waals surface area (Å²) in [4.78, 5) is 5.94. The molecule has 1 heterocycles. The lowest BCUT2D eigenvalue weighted by Gasteiger charge is -2.17. The van der Waals surface area contributed by atoms with E-state index in [2.05, 4.69) is 48.4 Å². The number of nitrogens with one attached hydrogen (secondary N) is 1. The van der Waals surface area contributed by atoms with E-state index >= 15 is 0 Å². The van der Waals surface area contributed by atoms with Crippen LogP contribution in [0.25, 0.3) is 0 Å². The normalized spacial score (nSPS) is 14.2. The van der Waals surface area contributed by atoms with Gasteiger partial charge in [-0.1, -0.05) is 30.3 Å². The van der Waals surface area contributed by atoms with Crippen molar-refractivity contribution in [3.05, 3.63) is 51.5 Å². The summed E-state index contributed by atoms with van der Waals surface area (Å²) in [5.74, 6) is 0.